The van der Waals surface area contributed by atoms with E-state index in [9.17, 15) is 0 Å². The van der Waals surface area contributed by atoms with Gasteiger partial charge in [0.15, 0.2) is 0 Å². The van der Waals surface area contributed by atoms with Gasteiger partial charge in [-0.3, -0.25) is 0 Å². The fourth-order valence-electron chi connectivity index (χ4n) is 2.89. The van der Waals surface area contributed by atoms with Crippen LogP contribution in [0.5, 0.6) is 0 Å². The first kappa shape index (κ1) is 13.9. The van der Waals surface area contributed by atoms with Crippen LogP contribution in [0.1, 0.15) is 30.9 Å². The highest BCUT2D eigenvalue weighted by Crippen LogP contribution is 2.33. The van der Waals surface area contributed by atoms with Gasteiger partial charge in [-0.05, 0) is 49.9 Å². The number of rotatable bonds is 4. The molecule has 0 bridgehead atoms. The number of aryl methyl sites for hydroxylation is 2. The van der Waals surface area contributed by atoms with E-state index < -0.39 is 0 Å². The van der Waals surface area contributed by atoms with Gasteiger partial charge in [-0.2, -0.15) is 0 Å². The van der Waals surface area contributed by atoms with Gasteiger partial charge < -0.3 is 10.2 Å². The number of benzene rings is 1. The van der Waals surface area contributed by atoms with Crippen LogP contribution in [-0.2, 0) is 6.42 Å². The summed E-state index contributed by atoms with van der Waals surface area (Å²) in [7, 11) is 0. The van der Waals surface area contributed by atoms with E-state index in [1.807, 2.05) is 6.07 Å². The Morgan fingerprint density at radius 1 is 1.24 bits per heavy atom. The first-order valence-electron chi connectivity index (χ1n) is 7.86. The topological polar surface area (TPSA) is 28.2 Å². The van der Waals surface area contributed by atoms with Crippen LogP contribution in [0.25, 0.3) is 0 Å². The lowest BCUT2D eigenvalue weighted by Crippen LogP contribution is -2.25. The van der Waals surface area contributed by atoms with E-state index in [0.717, 1.165) is 31.1 Å². The SMILES string of the molecule is CCCNc1cccc(N2CCCc3cc(C)ccc32)n1. The molecule has 0 aliphatic carbocycles. The molecule has 1 aliphatic rings. The molecule has 0 atom stereocenters. The third-order valence-corrected chi connectivity index (χ3v) is 3.92. The molecule has 3 rings (SSSR count). The van der Waals surface area contributed by atoms with Crippen LogP contribution in [0.3, 0.4) is 0 Å². The molecule has 0 amide bonds. The molecule has 0 spiro atoms. The summed E-state index contributed by atoms with van der Waals surface area (Å²) in [5.74, 6) is 2.01. The lowest BCUT2D eigenvalue weighted by molar-refractivity contribution is 0.759. The average molecular weight is 281 g/mol. The largest absolute Gasteiger partial charge is 0.370 e. The Morgan fingerprint density at radius 2 is 2.14 bits per heavy atom. The van der Waals surface area contributed by atoms with Gasteiger partial charge in [-0.1, -0.05) is 30.7 Å². The normalized spacial score (nSPS) is 13.9. The maximum atomic E-state index is 4.77. The van der Waals surface area contributed by atoms with Crippen LogP contribution in [0, 0.1) is 6.92 Å². The summed E-state index contributed by atoms with van der Waals surface area (Å²) < 4.78 is 0. The Labute approximate surface area is 127 Å². The van der Waals surface area contributed by atoms with Crippen LogP contribution in [0.2, 0.25) is 0 Å². The van der Waals surface area contributed by atoms with E-state index in [2.05, 4.69) is 54.4 Å². The van der Waals surface area contributed by atoms with Crippen molar-refractivity contribution in [2.24, 2.45) is 0 Å². The van der Waals surface area contributed by atoms with E-state index in [1.165, 1.54) is 29.7 Å². The smallest absolute Gasteiger partial charge is 0.135 e. The molecule has 3 heteroatoms. The number of pyridine rings is 1. The van der Waals surface area contributed by atoms with E-state index in [0.29, 0.717) is 0 Å². The molecule has 1 aromatic heterocycles. The lowest BCUT2D eigenvalue weighted by atomic mass is 9.99. The molecular formula is C18H23N3. The van der Waals surface area contributed by atoms with Crippen LogP contribution < -0.4 is 10.2 Å². The standard InChI is InChI=1S/C18H23N3/c1-3-11-19-17-7-4-8-18(20-17)21-12-5-6-15-13-14(2)9-10-16(15)21/h4,7-10,13H,3,5-6,11-12H2,1-2H3,(H,19,20). The van der Waals surface area contributed by atoms with Crippen LogP contribution in [0.15, 0.2) is 36.4 Å². The molecule has 3 nitrogen and oxygen atoms in total. The van der Waals surface area contributed by atoms with Crippen molar-refractivity contribution in [3.63, 3.8) is 0 Å². The van der Waals surface area contributed by atoms with Crippen molar-refractivity contribution in [3.8, 4) is 0 Å². The van der Waals surface area contributed by atoms with Crippen molar-refractivity contribution in [2.75, 3.05) is 23.3 Å². The fourth-order valence-corrected chi connectivity index (χ4v) is 2.89. The van der Waals surface area contributed by atoms with Gasteiger partial charge in [-0.15, -0.1) is 0 Å². The summed E-state index contributed by atoms with van der Waals surface area (Å²) >= 11 is 0. The maximum absolute atomic E-state index is 4.77. The fraction of sp³-hybridized carbons (Fsp3) is 0.389. The molecule has 0 radical (unpaired) electrons. The molecule has 1 aliphatic heterocycles. The van der Waals surface area contributed by atoms with E-state index in [-0.39, 0.29) is 0 Å². The molecule has 0 unspecified atom stereocenters. The van der Waals surface area contributed by atoms with Crippen LogP contribution in [0.4, 0.5) is 17.3 Å². The predicted molar refractivity (Wildman–Crippen MR) is 89.5 cm³/mol. The highest BCUT2D eigenvalue weighted by Gasteiger charge is 2.19. The predicted octanol–water partition coefficient (Wildman–Crippen LogP) is 4.30. The van der Waals surface area contributed by atoms with Crippen molar-refractivity contribution >= 4 is 17.3 Å². The Bertz CT molecular complexity index is 622. The number of nitrogens with zero attached hydrogens (tertiary/aromatic N) is 2. The minimum absolute atomic E-state index is 0.965. The molecular weight excluding hydrogens is 258 g/mol. The number of aromatic nitrogens is 1. The summed E-state index contributed by atoms with van der Waals surface area (Å²) in [6, 6.07) is 13.0. The molecule has 2 heterocycles. The van der Waals surface area contributed by atoms with Gasteiger partial charge >= 0.3 is 0 Å². The molecule has 2 aromatic rings. The van der Waals surface area contributed by atoms with Crippen molar-refractivity contribution in [1.82, 2.24) is 4.98 Å². The number of fused-ring (bicyclic) bond motifs is 1. The number of hydrogen-bond acceptors (Lipinski definition) is 3. The van der Waals surface area contributed by atoms with Crippen molar-refractivity contribution in [3.05, 3.63) is 47.5 Å². The highest BCUT2D eigenvalue weighted by atomic mass is 15.2. The first-order valence-corrected chi connectivity index (χ1v) is 7.86. The minimum atomic E-state index is 0.965. The monoisotopic (exact) mass is 281 g/mol. The average Bonchev–Trinajstić information content (AvgIpc) is 2.52. The highest BCUT2D eigenvalue weighted by molar-refractivity contribution is 5.66. The van der Waals surface area contributed by atoms with Crippen molar-refractivity contribution in [1.29, 1.82) is 0 Å². The summed E-state index contributed by atoms with van der Waals surface area (Å²) in [6.45, 7) is 6.33. The Balaban J connectivity index is 1.91. The van der Waals surface area contributed by atoms with Gasteiger partial charge in [0, 0.05) is 18.8 Å². The van der Waals surface area contributed by atoms with Gasteiger partial charge in [0.05, 0.1) is 0 Å². The molecule has 21 heavy (non-hydrogen) atoms. The zero-order chi connectivity index (χ0) is 14.7. The second-order valence-electron chi connectivity index (χ2n) is 5.70. The third-order valence-electron chi connectivity index (χ3n) is 3.92. The summed E-state index contributed by atoms with van der Waals surface area (Å²) in [5.41, 5.74) is 4.09. The quantitative estimate of drug-likeness (QED) is 0.905. The second kappa shape index (κ2) is 6.17. The number of nitrogens with one attached hydrogen (secondary N) is 1. The minimum Gasteiger partial charge on any atom is -0.370 e. The van der Waals surface area contributed by atoms with Gasteiger partial charge in [0.2, 0.25) is 0 Å². The zero-order valence-corrected chi connectivity index (χ0v) is 12.9. The Hall–Kier alpha value is -2.03. The molecule has 0 saturated heterocycles. The second-order valence-corrected chi connectivity index (χ2v) is 5.70. The van der Waals surface area contributed by atoms with Gasteiger partial charge in [-0.25, -0.2) is 4.98 Å². The van der Waals surface area contributed by atoms with Crippen molar-refractivity contribution < 1.29 is 0 Å². The lowest BCUT2D eigenvalue weighted by Gasteiger charge is -2.31. The maximum Gasteiger partial charge on any atom is 0.135 e. The number of anilines is 3. The Kier molecular flexibility index (Phi) is 4.09. The van der Waals surface area contributed by atoms with Crippen LogP contribution >= 0.6 is 0 Å². The van der Waals surface area contributed by atoms with E-state index in [4.69, 9.17) is 4.98 Å². The molecule has 110 valence electrons. The third kappa shape index (κ3) is 3.02. The molecule has 0 fully saturated rings. The zero-order valence-electron chi connectivity index (χ0n) is 12.9. The molecule has 1 aromatic carbocycles. The summed E-state index contributed by atoms with van der Waals surface area (Å²) in [6.07, 6.45) is 3.46. The van der Waals surface area contributed by atoms with Crippen molar-refractivity contribution in [2.45, 2.75) is 33.1 Å². The van der Waals surface area contributed by atoms with Crippen LogP contribution in [-0.4, -0.2) is 18.1 Å². The van der Waals surface area contributed by atoms with E-state index in [1.54, 1.807) is 0 Å². The number of hydrogen-bond donors (Lipinski definition) is 1. The first-order chi connectivity index (χ1) is 10.3. The molecule has 1 N–H and O–H groups in total. The Morgan fingerprint density at radius 3 is 3.00 bits per heavy atom. The van der Waals surface area contributed by atoms with Gasteiger partial charge in [0.1, 0.15) is 11.6 Å². The summed E-state index contributed by atoms with van der Waals surface area (Å²) in [4.78, 5) is 7.11. The van der Waals surface area contributed by atoms with E-state index >= 15 is 0 Å². The molecule has 0 saturated carbocycles. The van der Waals surface area contributed by atoms with Gasteiger partial charge in [0.25, 0.3) is 0 Å². The summed E-state index contributed by atoms with van der Waals surface area (Å²) in [5, 5.41) is 3.37.